The molecule has 0 N–H and O–H groups in total. The van der Waals surface area contributed by atoms with Crippen LogP contribution in [0.1, 0.15) is 5.69 Å². The molecule has 0 fully saturated rings. The van der Waals surface area contributed by atoms with Crippen LogP contribution >= 0.6 is 12.4 Å². The minimum atomic E-state index is -0.0226. The van der Waals surface area contributed by atoms with Crippen molar-refractivity contribution >= 4 is 23.4 Å². The number of likely N-dealkylation sites (N-methyl/N-ethyl adjacent to an activating group) is 1. The standard InChI is InChI=1S/C12H16N4O.ClH/c1-9-12(17)16(7-6-15(2)3)11-4-5-13-8-10(11)14-9;/h4-5,8H,6-7H2,1-3H3;1H. The lowest BCUT2D eigenvalue weighted by molar-refractivity contribution is 0.383. The van der Waals surface area contributed by atoms with E-state index in [0.717, 1.165) is 17.6 Å². The Balaban J connectivity index is 0.00000162. The maximum Gasteiger partial charge on any atom is 0.272 e. The summed E-state index contributed by atoms with van der Waals surface area (Å²) in [5.74, 6) is 0. The van der Waals surface area contributed by atoms with E-state index in [1.54, 1.807) is 23.9 Å². The zero-order valence-corrected chi connectivity index (χ0v) is 11.6. The van der Waals surface area contributed by atoms with Crippen LogP contribution in [-0.2, 0) is 6.54 Å². The highest BCUT2D eigenvalue weighted by Crippen LogP contribution is 2.07. The first-order valence-electron chi connectivity index (χ1n) is 5.55. The fourth-order valence-corrected chi connectivity index (χ4v) is 1.75. The molecule has 0 saturated heterocycles. The van der Waals surface area contributed by atoms with Gasteiger partial charge in [0.15, 0.2) is 0 Å². The van der Waals surface area contributed by atoms with Crippen molar-refractivity contribution in [3.05, 3.63) is 34.5 Å². The first kappa shape index (κ1) is 14.6. The number of aromatic nitrogens is 3. The van der Waals surface area contributed by atoms with Crippen LogP contribution in [0.25, 0.3) is 11.0 Å². The summed E-state index contributed by atoms with van der Waals surface area (Å²) in [5, 5.41) is 0. The Labute approximate surface area is 112 Å². The van der Waals surface area contributed by atoms with Crippen LogP contribution in [0.3, 0.4) is 0 Å². The molecule has 0 atom stereocenters. The van der Waals surface area contributed by atoms with Gasteiger partial charge in [-0.1, -0.05) is 0 Å². The van der Waals surface area contributed by atoms with Crippen molar-refractivity contribution in [2.24, 2.45) is 0 Å². The maximum absolute atomic E-state index is 12.1. The second-order valence-electron chi connectivity index (χ2n) is 4.32. The van der Waals surface area contributed by atoms with Gasteiger partial charge < -0.3 is 9.47 Å². The summed E-state index contributed by atoms with van der Waals surface area (Å²) in [6.45, 7) is 3.22. The van der Waals surface area contributed by atoms with Crippen molar-refractivity contribution in [1.82, 2.24) is 19.4 Å². The van der Waals surface area contributed by atoms with Gasteiger partial charge in [0.2, 0.25) is 0 Å². The minimum Gasteiger partial charge on any atom is -0.308 e. The van der Waals surface area contributed by atoms with Crippen molar-refractivity contribution in [2.45, 2.75) is 13.5 Å². The Bertz CT molecular complexity index is 594. The maximum atomic E-state index is 12.1. The fourth-order valence-electron chi connectivity index (χ4n) is 1.75. The van der Waals surface area contributed by atoms with Gasteiger partial charge >= 0.3 is 0 Å². The van der Waals surface area contributed by atoms with Crippen LogP contribution < -0.4 is 5.56 Å². The summed E-state index contributed by atoms with van der Waals surface area (Å²) in [4.78, 5) is 22.4. The summed E-state index contributed by atoms with van der Waals surface area (Å²) in [6, 6.07) is 1.83. The quantitative estimate of drug-likeness (QED) is 0.836. The van der Waals surface area contributed by atoms with Crippen LogP contribution in [0.5, 0.6) is 0 Å². The Morgan fingerprint density at radius 1 is 1.39 bits per heavy atom. The minimum absolute atomic E-state index is 0. The first-order valence-corrected chi connectivity index (χ1v) is 5.55. The van der Waals surface area contributed by atoms with Crippen LogP contribution in [0.15, 0.2) is 23.3 Å². The molecule has 6 heteroatoms. The monoisotopic (exact) mass is 268 g/mol. The van der Waals surface area contributed by atoms with E-state index in [9.17, 15) is 4.79 Å². The third-order valence-corrected chi connectivity index (χ3v) is 2.68. The van der Waals surface area contributed by atoms with Gasteiger partial charge in [0.25, 0.3) is 5.56 Å². The fraction of sp³-hybridized carbons (Fsp3) is 0.417. The third-order valence-electron chi connectivity index (χ3n) is 2.68. The van der Waals surface area contributed by atoms with Crippen LogP contribution in [0, 0.1) is 6.92 Å². The molecule has 0 radical (unpaired) electrons. The van der Waals surface area contributed by atoms with E-state index < -0.39 is 0 Å². The Morgan fingerprint density at radius 2 is 2.11 bits per heavy atom. The summed E-state index contributed by atoms with van der Waals surface area (Å²) < 4.78 is 1.76. The van der Waals surface area contributed by atoms with Crippen molar-refractivity contribution in [1.29, 1.82) is 0 Å². The van der Waals surface area contributed by atoms with Gasteiger partial charge in [0.05, 0.1) is 11.7 Å². The van der Waals surface area contributed by atoms with E-state index in [0.29, 0.717) is 12.2 Å². The predicted molar refractivity (Wildman–Crippen MR) is 74.3 cm³/mol. The number of halogens is 1. The summed E-state index contributed by atoms with van der Waals surface area (Å²) in [7, 11) is 3.98. The van der Waals surface area contributed by atoms with Crippen LogP contribution in [0.2, 0.25) is 0 Å². The Morgan fingerprint density at radius 3 is 2.78 bits per heavy atom. The predicted octanol–water partition coefficient (Wildman–Crippen LogP) is 1.08. The van der Waals surface area contributed by atoms with Gasteiger partial charge in [-0.05, 0) is 27.1 Å². The van der Waals surface area contributed by atoms with Gasteiger partial charge in [0.1, 0.15) is 11.2 Å². The van der Waals surface area contributed by atoms with Gasteiger partial charge in [0, 0.05) is 19.3 Å². The molecule has 5 nitrogen and oxygen atoms in total. The lowest BCUT2D eigenvalue weighted by Crippen LogP contribution is -2.29. The highest BCUT2D eigenvalue weighted by Gasteiger charge is 2.07. The molecule has 0 aliphatic carbocycles. The average Bonchev–Trinajstić information content (AvgIpc) is 2.29. The molecule has 18 heavy (non-hydrogen) atoms. The Kier molecular flexibility index (Phi) is 4.81. The topological polar surface area (TPSA) is 51.0 Å². The SMILES string of the molecule is Cc1nc2cnccc2n(CCN(C)C)c1=O.Cl. The first-order chi connectivity index (χ1) is 8.09. The normalized spacial score (nSPS) is 10.7. The molecule has 0 amide bonds. The van der Waals surface area contributed by atoms with Gasteiger partial charge in [-0.2, -0.15) is 0 Å². The average molecular weight is 269 g/mol. The number of pyridine rings is 1. The van der Waals surface area contributed by atoms with Crippen molar-refractivity contribution in [2.75, 3.05) is 20.6 Å². The van der Waals surface area contributed by atoms with Crippen molar-refractivity contribution in [3.63, 3.8) is 0 Å². The molecule has 2 aromatic rings. The highest BCUT2D eigenvalue weighted by molar-refractivity contribution is 5.85. The van der Waals surface area contributed by atoms with E-state index in [2.05, 4.69) is 14.9 Å². The number of fused-ring (bicyclic) bond motifs is 1. The molecule has 0 unspecified atom stereocenters. The number of nitrogens with zero attached hydrogens (tertiary/aromatic N) is 4. The van der Waals surface area contributed by atoms with E-state index in [-0.39, 0.29) is 18.0 Å². The zero-order valence-electron chi connectivity index (χ0n) is 10.8. The number of hydrogen-bond donors (Lipinski definition) is 0. The largest absolute Gasteiger partial charge is 0.308 e. The smallest absolute Gasteiger partial charge is 0.272 e. The third kappa shape index (κ3) is 2.86. The van der Waals surface area contributed by atoms with E-state index in [4.69, 9.17) is 0 Å². The molecule has 2 heterocycles. The summed E-state index contributed by atoms with van der Waals surface area (Å²) >= 11 is 0. The molecule has 0 bridgehead atoms. The molecule has 2 aromatic heterocycles. The highest BCUT2D eigenvalue weighted by atomic mass is 35.5. The zero-order chi connectivity index (χ0) is 12.4. The van der Waals surface area contributed by atoms with Gasteiger partial charge in [-0.25, -0.2) is 4.98 Å². The van der Waals surface area contributed by atoms with Gasteiger partial charge in [-0.3, -0.25) is 9.78 Å². The van der Waals surface area contributed by atoms with Crippen molar-refractivity contribution in [3.8, 4) is 0 Å². The molecule has 2 rings (SSSR count). The molecular formula is C12H17ClN4O. The number of aryl methyl sites for hydroxylation is 1. The molecule has 0 saturated carbocycles. The Hall–Kier alpha value is -1.46. The molecule has 0 spiro atoms. The van der Waals surface area contributed by atoms with E-state index in [1.165, 1.54) is 0 Å². The van der Waals surface area contributed by atoms with Crippen LogP contribution in [0.4, 0.5) is 0 Å². The van der Waals surface area contributed by atoms with E-state index in [1.807, 2.05) is 20.2 Å². The lowest BCUT2D eigenvalue weighted by Gasteiger charge is -2.13. The summed E-state index contributed by atoms with van der Waals surface area (Å²) in [6.07, 6.45) is 3.37. The molecule has 98 valence electrons. The second kappa shape index (κ2) is 5.93. The van der Waals surface area contributed by atoms with E-state index >= 15 is 0 Å². The van der Waals surface area contributed by atoms with Crippen molar-refractivity contribution < 1.29 is 0 Å². The lowest BCUT2D eigenvalue weighted by atomic mass is 10.3. The molecule has 0 aliphatic rings. The number of rotatable bonds is 3. The van der Waals surface area contributed by atoms with Gasteiger partial charge in [-0.15, -0.1) is 12.4 Å². The molecule has 0 aromatic carbocycles. The number of hydrogen-bond acceptors (Lipinski definition) is 4. The van der Waals surface area contributed by atoms with Crippen LogP contribution in [-0.4, -0.2) is 40.1 Å². The molecular weight excluding hydrogens is 252 g/mol. The summed E-state index contributed by atoms with van der Waals surface area (Å²) in [5.41, 5.74) is 2.11. The molecule has 0 aliphatic heterocycles. The second-order valence-corrected chi connectivity index (χ2v) is 4.32.